The number of anilines is 1. The molecule has 0 aliphatic carbocycles. The number of aromatic nitrogens is 2. The number of nitrogens with one attached hydrogen (secondary N) is 2. The molecular weight excluding hydrogens is 276 g/mol. The van der Waals surface area contributed by atoms with Gasteiger partial charge in [0, 0.05) is 42.0 Å². The molecule has 0 spiro atoms. The standard InChI is InChI=1S/C17H20N4O/c1-12-8-15(21-17-4-2-3-7-22-17)13(10-18)9-14(12)16-11-19-5-6-20-16/h5-6,8-11,17-18,21H,2-4,7H2,1H3. The fourth-order valence-corrected chi connectivity index (χ4v) is 2.71. The third-order valence-corrected chi connectivity index (χ3v) is 3.89. The summed E-state index contributed by atoms with van der Waals surface area (Å²) in [7, 11) is 0. The zero-order valence-electron chi connectivity index (χ0n) is 12.7. The van der Waals surface area contributed by atoms with Gasteiger partial charge in [-0.3, -0.25) is 9.97 Å². The average Bonchev–Trinajstić information content (AvgIpc) is 2.57. The number of benzene rings is 1. The molecule has 1 unspecified atom stereocenters. The Hall–Kier alpha value is -2.27. The highest BCUT2D eigenvalue weighted by Crippen LogP contribution is 2.28. The molecule has 1 aliphatic heterocycles. The minimum atomic E-state index is 0.0363. The van der Waals surface area contributed by atoms with Crippen LogP contribution >= 0.6 is 0 Å². The number of aryl methyl sites for hydroxylation is 1. The van der Waals surface area contributed by atoms with Crippen molar-refractivity contribution in [1.82, 2.24) is 9.97 Å². The van der Waals surface area contributed by atoms with Crippen molar-refractivity contribution >= 4 is 11.9 Å². The summed E-state index contributed by atoms with van der Waals surface area (Å²) in [6.45, 7) is 2.85. The van der Waals surface area contributed by atoms with E-state index in [0.717, 1.165) is 47.5 Å². The zero-order valence-corrected chi connectivity index (χ0v) is 12.7. The zero-order chi connectivity index (χ0) is 15.4. The van der Waals surface area contributed by atoms with Gasteiger partial charge in [-0.05, 0) is 43.9 Å². The summed E-state index contributed by atoms with van der Waals surface area (Å²) in [6.07, 6.45) is 9.79. The van der Waals surface area contributed by atoms with Crippen molar-refractivity contribution < 1.29 is 4.74 Å². The van der Waals surface area contributed by atoms with Gasteiger partial charge < -0.3 is 15.5 Å². The summed E-state index contributed by atoms with van der Waals surface area (Å²) < 4.78 is 5.73. The average molecular weight is 296 g/mol. The molecule has 2 N–H and O–H groups in total. The number of ether oxygens (including phenoxy) is 1. The van der Waals surface area contributed by atoms with Crippen LogP contribution in [0.4, 0.5) is 5.69 Å². The molecule has 114 valence electrons. The van der Waals surface area contributed by atoms with Crippen molar-refractivity contribution in [3.63, 3.8) is 0 Å². The lowest BCUT2D eigenvalue weighted by atomic mass is 10.0. The van der Waals surface area contributed by atoms with Gasteiger partial charge in [0.05, 0.1) is 11.9 Å². The maximum atomic E-state index is 7.69. The van der Waals surface area contributed by atoms with Crippen LogP contribution in [0.5, 0.6) is 0 Å². The Balaban J connectivity index is 1.91. The van der Waals surface area contributed by atoms with Crippen LogP contribution in [0, 0.1) is 12.3 Å². The molecule has 5 heteroatoms. The largest absolute Gasteiger partial charge is 0.360 e. The number of nitrogens with zero attached hydrogens (tertiary/aromatic N) is 2. The summed E-state index contributed by atoms with van der Waals surface area (Å²) in [4.78, 5) is 8.47. The van der Waals surface area contributed by atoms with E-state index in [1.807, 2.05) is 13.0 Å². The quantitative estimate of drug-likeness (QED) is 0.848. The lowest BCUT2D eigenvalue weighted by Gasteiger charge is -2.25. The normalized spacial score (nSPS) is 18.0. The highest BCUT2D eigenvalue weighted by atomic mass is 16.5. The van der Waals surface area contributed by atoms with Crippen LogP contribution in [0.25, 0.3) is 11.3 Å². The van der Waals surface area contributed by atoms with E-state index in [0.29, 0.717) is 0 Å². The van der Waals surface area contributed by atoms with E-state index in [1.54, 1.807) is 18.6 Å². The molecule has 22 heavy (non-hydrogen) atoms. The maximum absolute atomic E-state index is 7.69. The predicted octanol–water partition coefficient (Wildman–Crippen LogP) is 3.39. The van der Waals surface area contributed by atoms with Gasteiger partial charge in [-0.25, -0.2) is 0 Å². The van der Waals surface area contributed by atoms with Crippen LogP contribution in [-0.2, 0) is 4.74 Å². The number of rotatable bonds is 4. The summed E-state index contributed by atoms with van der Waals surface area (Å²) in [5.74, 6) is 0. The Kier molecular flexibility index (Phi) is 4.44. The lowest BCUT2D eigenvalue weighted by molar-refractivity contribution is 0.0343. The molecule has 1 atom stereocenters. The fourth-order valence-electron chi connectivity index (χ4n) is 2.71. The Morgan fingerprint density at radius 3 is 2.91 bits per heavy atom. The molecule has 3 rings (SSSR count). The topological polar surface area (TPSA) is 70.9 Å². The predicted molar refractivity (Wildman–Crippen MR) is 87.3 cm³/mol. The van der Waals surface area contributed by atoms with E-state index in [-0.39, 0.29) is 6.23 Å². The summed E-state index contributed by atoms with van der Waals surface area (Å²) in [5, 5.41) is 11.1. The van der Waals surface area contributed by atoms with E-state index in [1.165, 1.54) is 12.6 Å². The van der Waals surface area contributed by atoms with Crippen LogP contribution in [-0.4, -0.2) is 29.0 Å². The van der Waals surface area contributed by atoms with Gasteiger partial charge in [0.2, 0.25) is 0 Å². The summed E-state index contributed by atoms with van der Waals surface area (Å²) in [5.41, 5.74) is 4.70. The molecule has 5 nitrogen and oxygen atoms in total. The second-order valence-electron chi connectivity index (χ2n) is 5.49. The van der Waals surface area contributed by atoms with E-state index >= 15 is 0 Å². The maximum Gasteiger partial charge on any atom is 0.127 e. The third kappa shape index (κ3) is 3.14. The molecule has 1 fully saturated rings. The monoisotopic (exact) mass is 296 g/mol. The molecule has 2 aromatic rings. The fraction of sp³-hybridized carbons (Fsp3) is 0.353. The highest BCUT2D eigenvalue weighted by Gasteiger charge is 2.16. The molecule has 0 radical (unpaired) electrons. The summed E-state index contributed by atoms with van der Waals surface area (Å²) >= 11 is 0. The van der Waals surface area contributed by atoms with Crippen molar-refractivity contribution in [3.05, 3.63) is 41.9 Å². The van der Waals surface area contributed by atoms with Gasteiger partial charge in [-0.2, -0.15) is 0 Å². The van der Waals surface area contributed by atoms with Gasteiger partial charge in [-0.1, -0.05) is 0 Å². The second-order valence-corrected chi connectivity index (χ2v) is 5.49. The van der Waals surface area contributed by atoms with Crippen molar-refractivity contribution in [1.29, 1.82) is 5.41 Å². The first kappa shape index (κ1) is 14.7. The first-order valence-electron chi connectivity index (χ1n) is 7.57. The van der Waals surface area contributed by atoms with Crippen molar-refractivity contribution in [2.45, 2.75) is 32.4 Å². The Bertz CT molecular complexity index is 651. The Labute approximate surface area is 130 Å². The van der Waals surface area contributed by atoms with Crippen molar-refractivity contribution in [3.8, 4) is 11.3 Å². The molecule has 1 saturated heterocycles. The van der Waals surface area contributed by atoms with Crippen LogP contribution < -0.4 is 5.32 Å². The molecule has 0 saturated carbocycles. The van der Waals surface area contributed by atoms with Crippen LogP contribution in [0.2, 0.25) is 0 Å². The van der Waals surface area contributed by atoms with Gasteiger partial charge in [0.25, 0.3) is 0 Å². The van der Waals surface area contributed by atoms with Gasteiger partial charge in [-0.15, -0.1) is 0 Å². The Morgan fingerprint density at radius 2 is 2.23 bits per heavy atom. The smallest absolute Gasteiger partial charge is 0.127 e. The second kappa shape index (κ2) is 6.66. The minimum Gasteiger partial charge on any atom is -0.360 e. The summed E-state index contributed by atoms with van der Waals surface area (Å²) in [6, 6.07) is 4.04. The number of hydrogen-bond donors (Lipinski definition) is 2. The Morgan fingerprint density at radius 1 is 1.32 bits per heavy atom. The molecule has 1 aliphatic rings. The number of hydrogen-bond acceptors (Lipinski definition) is 5. The van der Waals surface area contributed by atoms with E-state index in [4.69, 9.17) is 10.1 Å². The van der Waals surface area contributed by atoms with Gasteiger partial charge >= 0.3 is 0 Å². The van der Waals surface area contributed by atoms with Crippen LogP contribution in [0.1, 0.15) is 30.4 Å². The van der Waals surface area contributed by atoms with E-state index < -0.39 is 0 Å². The minimum absolute atomic E-state index is 0.0363. The molecule has 0 amide bonds. The first-order chi connectivity index (χ1) is 10.8. The first-order valence-corrected chi connectivity index (χ1v) is 7.57. The lowest BCUT2D eigenvalue weighted by Crippen LogP contribution is -2.27. The third-order valence-electron chi connectivity index (χ3n) is 3.89. The molecule has 1 aromatic carbocycles. The van der Waals surface area contributed by atoms with E-state index in [2.05, 4.69) is 21.4 Å². The molecule has 2 heterocycles. The molecular formula is C17H20N4O. The van der Waals surface area contributed by atoms with E-state index in [9.17, 15) is 0 Å². The van der Waals surface area contributed by atoms with Crippen molar-refractivity contribution in [2.75, 3.05) is 11.9 Å². The van der Waals surface area contributed by atoms with Crippen LogP contribution in [0.15, 0.2) is 30.7 Å². The van der Waals surface area contributed by atoms with Crippen molar-refractivity contribution in [2.24, 2.45) is 0 Å². The van der Waals surface area contributed by atoms with Gasteiger partial charge in [0.1, 0.15) is 6.23 Å². The molecule has 1 aromatic heterocycles. The van der Waals surface area contributed by atoms with Gasteiger partial charge in [0.15, 0.2) is 0 Å². The molecule has 0 bridgehead atoms. The van der Waals surface area contributed by atoms with Crippen LogP contribution in [0.3, 0.4) is 0 Å². The highest BCUT2D eigenvalue weighted by molar-refractivity contribution is 5.89. The SMILES string of the molecule is Cc1cc(NC2CCCCO2)c(C=N)cc1-c1cnccn1.